The molecule has 2 aromatic rings. The van der Waals surface area contributed by atoms with E-state index in [1.165, 1.54) is 11.3 Å². The molecule has 1 saturated heterocycles. The number of rotatable bonds is 4. The highest BCUT2D eigenvalue weighted by molar-refractivity contribution is 7.12. The number of aromatic hydroxyl groups is 1. The number of carbonyl (C=O) groups excluding carboxylic acids is 2. The monoisotopic (exact) mass is 358 g/mol. The summed E-state index contributed by atoms with van der Waals surface area (Å²) in [5.41, 5.74) is 0.739. The number of hydrogen-bond donors (Lipinski definition) is 1. The third-order valence-electron chi connectivity index (χ3n) is 4.64. The number of likely N-dealkylation sites (tertiary alicyclic amines) is 1. The van der Waals surface area contributed by atoms with Crippen LogP contribution in [0.1, 0.15) is 28.1 Å². The van der Waals surface area contributed by atoms with E-state index in [-0.39, 0.29) is 23.5 Å². The average molecular weight is 358 g/mol. The van der Waals surface area contributed by atoms with E-state index in [1.54, 1.807) is 24.1 Å². The molecule has 0 atom stereocenters. The van der Waals surface area contributed by atoms with Crippen LogP contribution in [0.4, 0.5) is 0 Å². The Balaban J connectivity index is 1.54. The first-order valence-corrected chi connectivity index (χ1v) is 9.29. The van der Waals surface area contributed by atoms with Crippen molar-refractivity contribution in [1.82, 2.24) is 9.80 Å². The van der Waals surface area contributed by atoms with Gasteiger partial charge in [0.2, 0.25) is 5.91 Å². The molecule has 1 fully saturated rings. The van der Waals surface area contributed by atoms with Crippen LogP contribution < -0.4 is 0 Å². The third kappa shape index (κ3) is 4.02. The molecule has 1 aliphatic rings. The van der Waals surface area contributed by atoms with Crippen LogP contribution in [0.5, 0.6) is 5.75 Å². The summed E-state index contributed by atoms with van der Waals surface area (Å²) in [7, 11) is 1.76. The highest BCUT2D eigenvalue weighted by Gasteiger charge is 2.29. The quantitative estimate of drug-likeness (QED) is 0.914. The van der Waals surface area contributed by atoms with E-state index in [4.69, 9.17) is 0 Å². The molecule has 1 aliphatic heterocycles. The van der Waals surface area contributed by atoms with Crippen LogP contribution in [-0.4, -0.2) is 46.9 Å². The summed E-state index contributed by atoms with van der Waals surface area (Å²) >= 11 is 1.45. The van der Waals surface area contributed by atoms with Gasteiger partial charge < -0.3 is 14.9 Å². The third-order valence-corrected chi connectivity index (χ3v) is 5.50. The zero-order valence-electron chi connectivity index (χ0n) is 14.2. The number of phenols is 1. The molecule has 5 nitrogen and oxygen atoms in total. The number of piperidine rings is 1. The zero-order chi connectivity index (χ0) is 17.8. The Bertz CT molecular complexity index is 737. The zero-order valence-corrected chi connectivity index (χ0v) is 15.0. The van der Waals surface area contributed by atoms with Crippen molar-refractivity contribution in [2.24, 2.45) is 5.92 Å². The molecule has 1 N–H and O–H groups in total. The highest BCUT2D eigenvalue weighted by Crippen LogP contribution is 2.24. The Hall–Kier alpha value is -2.34. The summed E-state index contributed by atoms with van der Waals surface area (Å²) in [5.74, 6) is 0.275. The van der Waals surface area contributed by atoms with Gasteiger partial charge >= 0.3 is 0 Å². The fourth-order valence-corrected chi connectivity index (χ4v) is 3.87. The highest BCUT2D eigenvalue weighted by atomic mass is 32.1. The second-order valence-electron chi connectivity index (χ2n) is 6.37. The first-order valence-electron chi connectivity index (χ1n) is 8.41. The lowest BCUT2D eigenvalue weighted by Gasteiger charge is -2.33. The lowest BCUT2D eigenvalue weighted by Crippen LogP contribution is -2.43. The van der Waals surface area contributed by atoms with Gasteiger partial charge in [-0.2, -0.15) is 0 Å². The fraction of sp³-hybridized carbons (Fsp3) is 0.368. The number of para-hydroxylation sites is 1. The van der Waals surface area contributed by atoms with Gasteiger partial charge in [-0.1, -0.05) is 24.3 Å². The van der Waals surface area contributed by atoms with Gasteiger partial charge in [0.1, 0.15) is 5.75 Å². The average Bonchev–Trinajstić information content (AvgIpc) is 3.17. The summed E-state index contributed by atoms with van der Waals surface area (Å²) in [6.45, 7) is 1.61. The van der Waals surface area contributed by atoms with Crippen molar-refractivity contribution in [2.75, 3.05) is 20.1 Å². The summed E-state index contributed by atoms with van der Waals surface area (Å²) in [5, 5.41) is 11.8. The Morgan fingerprint density at radius 3 is 2.56 bits per heavy atom. The maximum atomic E-state index is 12.7. The van der Waals surface area contributed by atoms with Gasteiger partial charge in [-0.05, 0) is 30.4 Å². The van der Waals surface area contributed by atoms with Gasteiger partial charge in [0, 0.05) is 38.2 Å². The van der Waals surface area contributed by atoms with Gasteiger partial charge in [0.15, 0.2) is 0 Å². The van der Waals surface area contributed by atoms with Crippen molar-refractivity contribution in [2.45, 2.75) is 19.4 Å². The van der Waals surface area contributed by atoms with Crippen molar-refractivity contribution in [1.29, 1.82) is 0 Å². The van der Waals surface area contributed by atoms with E-state index in [2.05, 4.69) is 0 Å². The lowest BCUT2D eigenvalue weighted by molar-refractivity contribution is -0.136. The van der Waals surface area contributed by atoms with E-state index in [0.29, 0.717) is 32.5 Å². The molecule has 25 heavy (non-hydrogen) atoms. The number of carbonyl (C=O) groups is 2. The second-order valence-corrected chi connectivity index (χ2v) is 7.31. The molecule has 2 heterocycles. The molecule has 0 spiro atoms. The summed E-state index contributed by atoms with van der Waals surface area (Å²) in [4.78, 5) is 29.3. The molecule has 3 rings (SSSR count). The predicted molar refractivity (Wildman–Crippen MR) is 97.5 cm³/mol. The van der Waals surface area contributed by atoms with E-state index in [0.717, 1.165) is 10.4 Å². The van der Waals surface area contributed by atoms with E-state index in [1.807, 2.05) is 34.5 Å². The van der Waals surface area contributed by atoms with Gasteiger partial charge in [-0.25, -0.2) is 0 Å². The maximum absolute atomic E-state index is 12.7. The van der Waals surface area contributed by atoms with Gasteiger partial charge in [0.05, 0.1) is 4.88 Å². The first-order chi connectivity index (χ1) is 12.1. The molecule has 1 aromatic carbocycles. The number of thiophene rings is 1. The maximum Gasteiger partial charge on any atom is 0.263 e. The first kappa shape index (κ1) is 17.5. The topological polar surface area (TPSA) is 60.9 Å². The van der Waals surface area contributed by atoms with Gasteiger partial charge in [-0.15, -0.1) is 11.3 Å². The van der Waals surface area contributed by atoms with Crippen LogP contribution in [0.3, 0.4) is 0 Å². The van der Waals surface area contributed by atoms with Crippen molar-refractivity contribution in [3.63, 3.8) is 0 Å². The van der Waals surface area contributed by atoms with Gasteiger partial charge in [0.25, 0.3) is 5.91 Å². The molecule has 132 valence electrons. The predicted octanol–water partition coefficient (Wildman–Crippen LogP) is 2.96. The molecule has 1 aromatic heterocycles. The number of nitrogens with zero attached hydrogens (tertiary/aromatic N) is 2. The molecule has 0 saturated carbocycles. The minimum Gasteiger partial charge on any atom is -0.508 e. The van der Waals surface area contributed by atoms with Crippen LogP contribution in [-0.2, 0) is 11.3 Å². The van der Waals surface area contributed by atoms with E-state index < -0.39 is 0 Å². The second kappa shape index (κ2) is 7.70. The van der Waals surface area contributed by atoms with Crippen LogP contribution in [0.2, 0.25) is 0 Å². The van der Waals surface area contributed by atoms with Crippen LogP contribution in [0, 0.1) is 5.92 Å². The SMILES string of the molecule is CN(Cc1ccccc1O)C(=O)C1CCN(C(=O)c2cccs2)CC1. The Morgan fingerprint density at radius 2 is 1.92 bits per heavy atom. The largest absolute Gasteiger partial charge is 0.508 e. The van der Waals surface area contributed by atoms with E-state index in [9.17, 15) is 14.7 Å². The van der Waals surface area contributed by atoms with E-state index >= 15 is 0 Å². The molecule has 2 amide bonds. The van der Waals surface area contributed by atoms with Crippen LogP contribution in [0.15, 0.2) is 41.8 Å². The molecule has 0 bridgehead atoms. The fourth-order valence-electron chi connectivity index (χ4n) is 3.18. The molecular weight excluding hydrogens is 336 g/mol. The van der Waals surface area contributed by atoms with Gasteiger partial charge in [-0.3, -0.25) is 9.59 Å². The number of amides is 2. The smallest absolute Gasteiger partial charge is 0.263 e. The Labute approximate surface area is 151 Å². The normalized spacial score (nSPS) is 15.2. The summed E-state index contributed by atoms with van der Waals surface area (Å²) < 4.78 is 0. The molecule has 0 aliphatic carbocycles. The molecule has 0 unspecified atom stereocenters. The Morgan fingerprint density at radius 1 is 1.20 bits per heavy atom. The van der Waals surface area contributed by atoms with Crippen molar-refractivity contribution < 1.29 is 14.7 Å². The molecule has 6 heteroatoms. The summed E-state index contributed by atoms with van der Waals surface area (Å²) in [6, 6.07) is 10.8. The minimum atomic E-state index is -0.0664. The lowest BCUT2D eigenvalue weighted by atomic mass is 9.95. The number of phenolic OH excluding ortho intramolecular Hbond substituents is 1. The standard InChI is InChI=1S/C19H22N2O3S/c1-20(13-15-5-2-3-6-16(15)22)18(23)14-8-10-21(11-9-14)19(24)17-7-4-12-25-17/h2-7,12,14,22H,8-11,13H2,1H3. The summed E-state index contributed by atoms with van der Waals surface area (Å²) in [6.07, 6.45) is 1.36. The molecule has 0 radical (unpaired) electrons. The van der Waals surface area contributed by atoms with Crippen LogP contribution in [0.25, 0.3) is 0 Å². The van der Waals surface area contributed by atoms with Crippen LogP contribution >= 0.6 is 11.3 Å². The number of benzene rings is 1. The molecular formula is C19H22N2O3S. The van der Waals surface area contributed by atoms with Crippen molar-refractivity contribution in [3.8, 4) is 5.75 Å². The number of hydrogen-bond acceptors (Lipinski definition) is 4. The Kier molecular flexibility index (Phi) is 5.38. The minimum absolute atomic E-state index is 0.0588. The van der Waals surface area contributed by atoms with Crippen molar-refractivity contribution >= 4 is 23.2 Å². The van der Waals surface area contributed by atoms with Crippen molar-refractivity contribution in [3.05, 3.63) is 52.2 Å².